The van der Waals surface area contributed by atoms with Gasteiger partial charge in [-0.05, 0) is 41.2 Å². The van der Waals surface area contributed by atoms with E-state index in [0.29, 0.717) is 12.6 Å². The van der Waals surface area contributed by atoms with Gasteiger partial charge < -0.3 is 15.4 Å². The highest BCUT2D eigenvalue weighted by molar-refractivity contribution is 5.79. The molecule has 5 heteroatoms. The summed E-state index contributed by atoms with van der Waals surface area (Å²) in [5.41, 5.74) is -0.226. The number of hydrogen-bond donors (Lipinski definition) is 2. The van der Waals surface area contributed by atoms with E-state index in [9.17, 15) is 0 Å². The molecule has 0 rings (SSSR count). The van der Waals surface area contributed by atoms with Crippen LogP contribution in [0.1, 0.15) is 41.5 Å². The SMILES string of the molecule is CCNC(=NCC(C)(C)OC)NCCN(CC)C(C)C. The van der Waals surface area contributed by atoms with Gasteiger partial charge in [-0.3, -0.25) is 9.89 Å². The molecule has 0 aromatic carbocycles. The van der Waals surface area contributed by atoms with E-state index < -0.39 is 0 Å². The van der Waals surface area contributed by atoms with Crippen LogP contribution in [0.3, 0.4) is 0 Å². The Balaban J connectivity index is 4.30. The minimum atomic E-state index is -0.226. The number of nitrogens with zero attached hydrogens (tertiary/aromatic N) is 2. The molecule has 0 amide bonds. The van der Waals surface area contributed by atoms with Crippen molar-refractivity contribution in [3.05, 3.63) is 0 Å². The van der Waals surface area contributed by atoms with E-state index in [1.54, 1.807) is 7.11 Å². The van der Waals surface area contributed by atoms with Gasteiger partial charge in [0.15, 0.2) is 5.96 Å². The number of ether oxygens (including phenoxy) is 1. The first-order valence-electron chi connectivity index (χ1n) is 7.67. The molecule has 0 fully saturated rings. The largest absolute Gasteiger partial charge is 0.377 e. The normalized spacial score (nSPS) is 13.2. The molecule has 0 aliphatic heterocycles. The highest BCUT2D eigenvalue weighted by Crippen LogP contribution is 2.06. The lowest BCUT2D eigenvalue weighted by Gasteiger charge is -2.25. The number of guanidine groups is 1. The number of rotatable bonds is 9. The standard InChI is InChI=1S/C15H34N4O/c1-8-16-14(18-12-15(5,6)20-7)17-10-11-19(9-2)13(3)4/h13H,8-12H2,1-7H3,(H2,16,17,18). The molecule has 0 aliphatic carbocycles. The number of aliphatic imine (C=N–C) groups is 1. The second-order valence-corrected chi connectivity index (χ2v) is 5.81. The Morgan fingerprint density at radius 1 is 1.25 bits per heavy atom. The molecule has 0 saturated heterocycles. The fourth-order valence-electron chi connectivity index (χ4n) is 1.78. The van der Waals surface area contributed by atoms with Gasteiger partial charge in [-0.15, -0.1) is 0 Å². The van der Waals surface area contributed by atoms with Gasteiger partial charge in [-0.2, -0.15) is 0 Å². The van der Waals surface area contributed by atoms with Crippen molar-refractivity contribution in [3.63, 3.8) is 0 Å². The first-order chi connectivity index (χ1) is 9.36. The summed E-state index contributed by atoms with van der Waals surface area (Å²) < 4.78 is 5.39. The lowest BCUT2D eigenvalue weighted by atomic mass is 10.1. The van der Waals surface area contributed by atoms with E-state index in [4.69, 9.17) is 4.74 Å². The van der Waals surface area contributed by atoms with Crippen LogP contribution < -0.4 is 10.6 Å². The highest BCUT2D eigenvalue weighted by Gasteiger charge is 2.15. The van der Waals surface area contributed by atoms with Crippen molar-refractivity contribution in [3.8, 4) is 0 Å². The Hall–Kier alpha value is -0.810. The average Bonchev–Trinajstić information content (AvgIpc) is 2.40. The van der Waals surface area contributed by atoms with E-state index in [-0.39, 0.29) is 5.60 Å². The van der Waals surface area contributed by atoms with Gasteiger partial charge in [0.2, 0.25) is 0 Å². The van der Waals surface area contributed by atoms with E-state index in [1.807, 2.05) is 13.8 Å². The summed E-state index contributed by atoms with van der Waals surface area (Å²) >= 11 is 0. The van der Waals surface area contributed by atoms with Crippen molar-refractivity contribution in [2.75, 3.05) is 39.8 Å². The van der Waals surface area contributed by atoms with Crippen molar-refractivity contribution < 1.29 is 4.74 Å². The molecular weight excluding hydrogens is 252 g/mol. The molecule has 120 valence electrons. The van der Waals surface area contributed by atoms with Crippen LogP contribution in [0.25, 0.3) is 0 Å². The monoisotopic (exact) mass is 286 g/mol. The van der Waals surface area contributed by atoms with Gasteiger partial charge in [0.1, 0.15) is 0 Å². The Labute approximate surface area is 125 Å². The third kappa shape index (κ3) is 8.38. The first-order valence-corrected chi connectivity index (χ1v) is 7.67. The van der Waals surface area contributed by atoms with Crippen molar-refractivity contribution in [2.24, 2.45) is 4.99 Å². The second-order valence-electron chi connectivity index (χ2n) is 5.81. The van der Waals surface area contributed by atoms with Crippen LogP contribution in [-0.4, -0.2) is 62.3 Å². The van der Waals surface area contributed by atoms with E-state index >= 15 is 0 Å². The van der Waals surface area contributed by atoms with Crippen LogP contribution in [0.5, 0.6) is 0 Å². The van der Waals surface area contributed by atoms with Crippen LogP contribution in [-0.2, 0) is 4.74 Å². The molecule has 0 aliphatic rings. The van der Waals surface area contributed by atoms with Gasteiger partial charge >= 0.3 is 0 Å². The van der Waals surface area contributed by atoms with Crippen LogP contribution in [0.4, 0.5) is 0 Å². The number of likely N-dealkylation sites (N-methyl/N-ethyl adjacent to an activating group) is 1. The van der Waals surface area contributed by atoms with Crippen LogP contribution >= 0.6 is 0 Å². The summed E-state index contributed by atoms with van der Waals surface area (Å²) in [6.07, 6.45) is 0. The van der Waals surface area contributed by atoms with Gasteiger partial charge in [0, 0.05) is 32.8 Å². The Morgan fingerprint density at radius 3 is 2.35 bits per heavy atom. The van der Waals surface area contributed by atoms with Crippen molar-refractivity contribution in [1.82, 2.24) is 15.5 Å². The first kappa shape index (κ1) is 19.2. The molecule has 0 unspecified atom stereocenters. The molecule has 0 atom stereocenters. The molecule has 0 radical (unpaired) electrons. The number of nitrogens with one attached hydrogen (secondary N) is 2. The molecule has 0 spiro atoms. The molecule has 0 aromatic rings. The maximum atomic E-state index is 5.39. The summed E-state index contributed by atoms with van der Waals surface area (Å²) in [5, 5.41) is 6.64. The predicted molar refractivity (Wildman–Crippen MR) is 87.5 cm³/mol. The number of hydrogen-bond acceptors (Lipinski definition) is 3. The zero-order valence-corrected chi connectivity index (χ0v) is 14.4. The number of methoxy groups -OCH3 is 1. The molecule has 0 bridgehead atoms. The molecule has 0 saturated carbocycles. The molecule has 0 heterocycles. The zero-order valence-electron chi connectivity index (χ0n) is 14.4. The minimum absolute atomic E-state index is 0.226. The Morgan fingerprint density at radius 2 is 1.90 bits per heavy atom. The maximum Gasteiger partial charge on any atom is 0.191 e. The zero-order chi connectivity index (χ0) is 15.6. The molecule has 5 nitrogen and oxygen atoms in total. The van der Waals surface area contributed by atoms with Crippen LogP contribution in [0.2, 0.25) is 0 Å². The topological polar surface area (TPSA) is 48.9 Å². The highest BCUT2D eigenvalue weighted by atomic mass is 16.5. The van der Waals surface area contributed by atoms with Crippen molar-refractivity contribution in [1.29, 1.82) is 0 Å². The lowest BCUT2D eigenvalue weighted by Crippen LogP contribution is -2.43. The summed E-state index contributed by atoms with van der Waals surface area (Å²) in [6, 6.07) is 0.578. The van der Waals surface area contributed by atoms with E-state index in [0.717, 1.165) is 32.1 Å². The summed E-state index contributed by atoms with van der Waals surface area (Å²) in [6.45, 7) is 17.3. The summed E-state index contributed by atoms with van der Waals surface area (Å²) in [4.78, 5) is 7.00. The second kappa shape index (κ2) is 10.00. The predicted octanol–water partition coefficient (Wildman–Crippen LogP) is 1.70. The van der Waals surface area contributed by atoms with Crippen molar-refractivity contribution in [2.45, 2.75) is 53.2 Å². The van der Waals surface area contributed by atoms with Gasteiger partial charge in [0.25, 0.3) is 0 Å². The smallest absolute Gasteiger partial charge is 0.191 e. The lowest BCUT2D eigenvalue weighted by molar-refractivity contribution is 0.0310. The van der Waals surface area contributed by atoms with Gasteiger partial charge in [-0.1, -0.05) is 6.92 Å². The summed E-state index contributed by atoms with van der Waals surface area (Å²) in [7, 11) is 1.72. The third-order valence-corrected chi connectivity index (χ3v) is 3.34. The summed E-state index contributed by atoms with van der Waals surface area (Å²) in [5.74, 6) is 0.859. The maximum absolute atomic E-state index is 5.39. The molecule has 20 heavy (non-hydrogen) atoms. The van der Waals surface area contributed by atoms with Crippen LogP contribution in [0.15, 0.2) is 4.99 Å². The Bertz CT molecular complexity index is 277. The van der Waals surface area contributed by atoms with E-state index in [1.165, 1.54) is 0 Å². The molecular formula is C15H34N4O. The van der Waals surface area contributed by atoms with E-state index in [2.05, 4.69) is 48.2 Å². The molecule has 0 aromatic heterocycles. The van der Waals surface area contributed by atoms with Gasteiger partial charge in [0.05, 0.1) is 12.1 Å². The van der Waals surface area contributed by atoms with Crippen LogP contribution in [0, 0.1) is 0 Å². The quantitative estimate of drug-likeness (QED) is 0.500. The average molecular weight is 286 g/mol. The van der Waals surface area contributed by atoms with Gasteiger partial charge in [-0.25, -0.2) is 0 Å². The Kier molecular flexibility index (Phi) is 9.59. The molecule has 2 N–H and O–H groups in total. The minimum Gasteiger partial charge on any atom is -0.377 e. The fraction of sp³-hybridized carbons (Fsp3) is 0.933. The van der Waals surface area contributed by atoms with Crippen molar-refractivity contribution >= 4 is 5.96 Å². The fourth-order valence-corrected chi connectivity index (χ4v) is 1.78. The third-order valence-electron chi connectivity index (χ3n) is 3.34.